The molecule has 1 aliphatic carbocycles. The van der Waals surface area contributed by atoms with Crippen LogP contribution >= 0.6 is 11.3 Å². The minimum atomic E-state index is -0.411. The lowest BCUT2D eigenvalue weighted by Crippen LogP contribution is -2.41. The van der Waals surface area contributed by atoms with Gasteiger partial charge in [0.2, 0.25) is 0 Å². The van der Waals surface area contributed by atoms with Gasteiger partial charge in [-0.3, -0.25) is 0 Å². The summed E-state index contributed by atoms with van der Waals surface area (Å²) in [6, 6.07) is 0. The molecule has 2 heterocycles. The Bertz CT molecular complexity index is 785. The Labute approximate surface area is 145 Å². The fourth-order valence-corrected chi connectivity index (χ4v) is 4.11. The highest BCUT2D eigenvalue weighted by Crippen LogP contribution is 2.43. The second-order valence-corrected chi connectivity index (χ2v) is 7.55. The van der Waals surface area contributed by atoms with Gasteiger partial charge in [0, 0.05) is 0 Å². The number of carbonyl (C=O) groups is 1. The van der Waals surface area contributed by atoms with Crippen molar-refractivity contribution in [1.29, 1.82) is 0 Å². The zero-order chi connectivity index (χ0) is 17.5. The number of thiophene rings is 1. The standard InChI is InChI=1S/C17H23N3O3S/c1-5-23-16(22)13-9(2)12-14(18-10(3)19-15(12)24-13)20-17(4,8-21)11-6-7-11/h11,21H,5-8H2,1-4H3,(H,18,19,20). The van der Waals surface area contributed by atoms with Gasteiger partial charge >= 0.3 is 5.97 Å². The first-order valence-electron chi connectivity index (χ1n) is 8.23. The quantitative estimate of drug-likeness (QED) is 0.780. The van der Waals surface area contributed by atoms with Crippen molar-refractivity contribution < 1.29 is 14.6 Å². The van der Waals surface area contributed by atoms with Crippen molar-refractivity contribution in [3.63, 3.8) is 0 Å². The molecule has 0 spiro atoms. The molecule has 24 heavy (non-hydrogen) atoms. The molecule has 2 aromatic rings. The molecule has 1 atom stereocenters. The Hall–Kier alpha value is -1.73. The van der Waals surface area contributed by atoms with Crippen LogP contribution in [0.3, 0.4) is 0 Å². The first-order chi connectivity index (χ1) is 11.4. The van der Waals surface area contributed by atoms with Crippen molar-refractivity contribution >= 4 is 33.3 Å². The van der Waals surface area contributed by atoms with Gasteiger partial charge in [-0.05, 0) is 52.0 Å². The van der Waals surface area contributed by atoms with Crippen LogP contribution in [-0.4, -0.2) is 39.8 Å². The number of ether oxygens (including phenoxy) is 1. The Kier molecular flexibility index (Phi) is 4.48. The Morgan fingerprint density at radius 3 is 2.71 bits per heavy atom. The van der Waals surface area contributed by atoms with Crippen LogP contribution in [0.15, 0.2) is 0 Å². The van der Waals surface area contributed by atoms with Crippen LogP contribution in [0, 0.1) is 19.8 Å². The number of fused-ring (bicyclic) bond motifs is 1. The molecule has 0 saturated heterocycles. The van der Waals surface area contributed by atoms with Crippen molar-refractivity contribution in [2.45, 2.75) is 46.1 Å². The Morgan fingerprint density at radius 2 is 2.12 bits per heavy atom. The first-order valence-corrected chi connectivity index (χ1v) is 9.05. The van der Waals surface area contributed by atoms with E-state index in [-0.39, 0.29) is 12.6 Å². The van der Waals surface area contributed by atoms with E-state index in [9.17, 15) is 9.90 Å². The van der Waals surface area contributed by atoms with Crippen molar-refractivity contribution in [1.82, 2.24) is 9.97 Å². The summed E-state index contributed by atoms with van der Waals surface area (Å²) >= 11 is 1.33. The predicted molar refractivity (Wildman–Crippen MR) is 94.7 cm³/mol. The molecule has 3 rings (SSSR count). The lowest BCUT2D eigenvalue weighted by atomic mass is 9.96. The van der Waals surface area contributed by atoms with Crippen LogP contribution in [0.5, 0.6) is 0 Å². The largest absolute Gasteiger partial charge is 0.462 e. The zero-order valence-corrected chi connectivity index (χ0v) is 15.3. The molecule has 130 valence electrons. The maximum Gasteiger partial charge on any atom is 0.348 e. The number of hydrogen-bond acceptors (Lipinski definition) is 7. The number of esters is 1. The number of nitrogens with zero attached hydrogens (tertiary/aromatic N) is 2. The molecular weight excluding hydrogens is 326 g/mol. The molecule has 0 amide bonds. The molecule has 7 heteroatoms. The summed E-state index contributed by atoms with van der Waals surface area (Å²) in [7, 11) is 0. The Balaban J connectivity index is 2.08. The topological polar surface area (TPSA) is 84.3 Å². The normalized spacial score (nSPS) is 16.9. The fourth-order valence-electron chi connectivity index (χ4n) is 2.99. The second kappa shape index (κ2) is 6.29. The second-order valence-electron chi connectivity index (χ2n) is 6.55. The van der Waals surface area contributed by atoms with Gasteiger partial charge in [0.05, 0.1) is 24.1 Å². The van der Waals surface area contributed by atoms with Crippen molar-refractivity contribution in [3.8, 4) is 0 Å². The number of aliphatic hydroxyl groups excluding tert-OH is 1. The molecule has 0 radical (unpaired) electrons. The van der Waals surface area contributed by atoms with Crippen LogP contribution in [0.4, 0.5) is 5.82 Å². The SMILES string of the molecule is CCOC(=O)c1sc2nc(C)nc(NC(C)(CO)C3CC3)c2c1C. The van der Waals surface area contributed by atoms with Gasteiger partial charge in [-0.25, -0.2) is 14.8 Å². The molecule has 1 saturated carbocycles. The number of hydrogen-bond donors (Lipinski definition) is 2. The molecule has 1 unspecified atom stereocenters. The van der Waals surface area contributed by atoms with Crippen LogP contribution in [0.25, 0.3) is 10.2 Å². The Morgan fingerprint density at radius 1 is 1.42 bits per heavy atom. The molecule has 0 bridgehead atoms. The van der Waals surface area contributed by atoms with Gasteiger partial charge in [-0.1, -0.05) is 0 Å². The van der Waals surface area contributed by atoms with Crippen LogP contribution in [0.1, 0.15) is 47.7 Å². The first kappa shape index (κ1) is 17.1. The van der Waals surface area contributed by atoms with Crippen molar-refractivity contribution in [3.05, 3.63) is 16.3 Å². The zero-order valence-electron chi connectivity index (χ0n) is 14.5. The fraction of sp³-hybridized carbons (Fsp3) is 0.588. The molecule has 1 aliphatic rings. The minimum absolute atomic E-state index is 0.0378. The monoisotopic (exact) mass is 349 g/mol. The summed E-state index contributed by atoms with van der Waals surface area (Å²) in [5, 5.41) is 14.1. The highest BCUT2D eigenvalue weighted by molar-refractivity contribution is 7.20. The highest BCUT2D eigenvalue weighted by atomic mass is 32.1. The number of aryl methyl sites for hydroxylation is 2. The third kappa shape index (κ3) is 2.98. The number of rotatable bonds is 6. The smallest absolute Gasteiger partial charge is 0.348 e. The average Bonchev–Trinajstić information content (AvgIpc) is 3.32. The molecule has 6 nitrogen and oxygen atoms in total. The van der Waals surface area contributed by atoms with Gasteiger partial charge < -0.3 is 15.2 Å². The van der Waals surface area contributed by atoms with Crippen LogP contribution in [-0.2, 0) is 4.74 Å². The summed E-state index contributed by atoms with van der Waals surface area (Å²) in [5.74, 6) is 1.44. The average molecular weight is 349 g/mol. The van der Waals surface area contributed by atoms with E-state index < -0.39 is 5.54 Å². The van der Waals surface area contributed by atoms with E-state index >= 15 is 0 Å². The van der Waals surface area contributed by atoms with Gasteiger partial charge in [0.15, 0.2) is 0 Å². The predicted octanol–water partition coefficient (Wildman–Crippen LogP) is 3.06. The lowest BCUT2D eigenvalue weighted by molar-refractivity contribution is 0.0531. The molecule has 2 N–H and O–H groups in total. The molecular formula is C17H23N3O3S. The van der Waals surface area contributed by atoms with E-state index in [1.807, 2.05) is 20.8 Å². The number of aliphatic hydroxyl groups is 1. The van der Waals surface area contributed by atoms with Crippen molar-refractivity contribution in [2.75, 3.05) is 18.5 Å². The van der Waals surface area contributed by atoms with Crippen LogP contribution in [0.2, 0.25) is 0 Å². The summed E-state index contributed by atoms with van der Waals surface area (Å²) in [6.07, 6.45) is 2.21. The van der Waals surface area contributed by atoms with Gasteiger partial charge in [-0.15, -0.1) is 11.3 Å². The van der Waals surface area contributed by atoms with E-state index in [1.165, 1.54) is 11.3 Å². The summed E-state index contributed by atoms with van der Waals surface area (Å²) in [5.41, 5.74) is 0.415. The maximum absolute atomic E-state index is 12.2. The number of nitrogens with one attached hydrogen (secondary N) is 1. The van der Waals surface area contributed by atoms with Crippen LogP contribution < -0.4 is 5.32 Å². The van der Waals surface area contributed by atoms with Crippen molar-refractivity contribution in [2.24, 2.45) is 5.92 Å². The summed E-state index contributed by atoms with van der Waals surface area (Å²) in [4.78, 5) is 22.5. The number of anilines is 1. The third-order valence-electron chi connectivity index (χ3n) is 4.57. The van der Waals surface area contributed by atoms with E-state index in [4.69, 9.17) is 4.74 Å². The third-order valence-corrected chi connectivity index (χ3v) is 5.74. The highest BCUT2D eigenvalue weighted by Gasteiger charge is 2.41. The van der Waals surface area contributed by atoms with E-state index in [0.717, 1.165) is 28.6 Å². The molecule has 2 aromatic heterocycles. The molecule has 1 fully saturated rings. The summed E-state index contributed by atoms with van der Waals surface area (Å²) < 4.78 is 5.14. The van der Waals surface area contributed by atoms with E-state index in [0.29, 0.717) is 29.0 Å². The number of aromatic nitrogens is 2. The number of carbonyl (C=O) groups excluding carboxylic acids is 1. The lowest BCUT2D eigenvalue weighted by Gasteiger charge is -2.29. The van der Waals surface area contributed by atoms with Gasteiger partial charge in [0.1, 0.15) is 21.3 Å². The van der Waals surface area contributed by atoms with Gasteiger partial charge in [-0.2, -0.15) is 0 Å². The summed E-state index contributed by atoms with van der Waals surface area (Å²) in [6.45, 7) is 7.91. The minimum Gasteiger partial charge on any atom is -0.462 e. The molecule has 0 aliphatic heterocycles. The van der Waals surface area contributed by atoms with E-state index in [1.54, 1.807) is 6.92 Å². The maximum atomic E-state index is 12.2. The molecule has 0 aromatic carbocycles. The van der Waals surface area contributed by atoms with Gasteiger partial charge in [0.25, 0.3) is 0 Å². The van der Waals surface area contributed by atoms with E-state index in [2.05, 4.69) is 15.3 Å².